The lowest BCUT2D eigenvalue weighted by Crippen LogP contribution is -2.37. The van der Waals surface area contributed by atoms with E-state index in [2.05, 4.69) is 32.9 Å². The lowest BCUT2D eigenvalue weighted by Gasteiger charge is -2.28. The van der Waals surface area contributed by atoms with Crippen molar-refractivity contribution in [1.29, 1.82) is 0 Å². The number of carbonyl (C=O) groups excluding carboxylic acids is 1. The normalized spacial score (nSPS) is 20.6. The quantitative estimate of drug-likeness (QED) is 0.884. The van der Waals surface area contributed by atoms with Crippen LogP contribution in [0.3, 0.4) is 0 Å². The molecule has 5 heteroatoms. The van der Waals surface area contributed by atoms with Gasteiger partial charge in [-0.2, -0.15) is 0 Å². The number of hydrogen-bond acceptors (Lipinski definition) is 4. The molecule has 0 aliphatic carbocycles. The molecule has 2 unspecified atom stereocenters. The standard InChI is InChI=1S/C15H21NO3S/c1-9-4-10(2)14(11(3)5-9)15-16(6-12(18)7-17)13(19)8-20-15/h4-5,12,15,17-18H,6-8H2,1-3H3. The van der Waals surface area contributed by atoms with Crippen molar-refractivity contribution >= 4 is 17.7 Å². The second-order valence-electron chi connectivity index (χ2n) is 5.36. The molecule has 110 valence electrons. The summed E-state index contributed by atoms with van der Waals surface area (Å²) < 4.78 is 0. The van der Waals surface area contributed by atoms with Gasteiger partial charge in [0.1, 0.15) is 5.37 Å². The van der Waals surface area contributed by atoms with Crippen LogP contribution in [0, 0.1) is 20.8 Å². The van der Waals surface area contributed by atoms with Crippen LogP contribution in [0.1, 0.15) is 27.6 Å². The van der Waals surface area contributed by atoms with Crippen molar-refractivity contribution < 1.29 is 15.0 Å². The highest BCUT2D eigenvalue weighted by atomic mass is 32.2. The van der Waals surface area contributed by atoms with E-state index in [1.165, 1.54) is 5.56 Å². The van der Waals surface area contributed by atoms with Crippen LogP contribution in [0.5, 0.6) is 0 Å². The fraction of sp³-hybridized carbons (Fsp3) is 0.533. The van der Waals surface area contributed by atoms with Gasteiger partial charge in [0, 0.05) is 0 Å². The first-order chi connectivity index (χ1) is 9.43. The molecule has 1 saturated heterocycles. The Morgan fingerprint density at radius 2 is 1.95 bits per heavy atom. The molecule has 0 spiro atoms. The predicted octanol–water partition coefficient (Wildman–Crippen LogP) is 1.54. The third-order valence-electron chi connectivity index (χ3n) is 3.57. The largest absolute Gasteiger partial charge is 0.394 e. The average molecular weight is 295 g/mol. The van der Waals surface area contributed by atoms with Gasteiger partial charge in [0.15, 0.2) is 0 Å². The number of hydrogen-bond donors (Lipinski definition) is 2. The molecule has 0 bridgehead atoms. The topological polar surface area (TPSA) is 60.8 Å². The monoisotopic (exact) mass is 295 g/mol. The van der Waals surface area contributed by atoms with Crippen molar-refractivity contribution in [3.8, 4) is 0 Å². The maximum atomic E-state index is 12.0. The lowest BCUT2D eigenvalue weighted by atomic mass is 9.99. The van der Waals surface area contributed by atoms with Crippen LogP contribution >= 0.6 is 11.8 Å². The smallest absolute Gasteiger partial charge is 0.233 e. The van der Waals surface area contributed by atoms with Crippen LogP contribution in [0.2, 0.25) is 0 Å². The number of rotatable bonds is 4. The highest BCUT2D eigenvalue weighted by Crippen LogP contribution is 2.41. The summed E-state index contributed by atoms with van der Waals surface area (Å²) >= 11 is 1.58. The molecular weight excluding hydrogens is 274 g/mol. The Morgan fingerprint density at radius 3 is 2.50 bits per heavy atom. The summed E-state index contributed by atoms with van der Waals surface area (Å²) in [4.78, 5) is 13.7. The Morgan fingerprint density at radius 1 is 1.35 bits per heavy atom. The fourth-order valence-electron chi connectivity index (χ4n) is 2.76. The summed E-state index contributed by atoms with van der Waals surface area (Å²) in [6, 6.07) is 4.23. The van der Waals surface area contributed by atoms with Gasteiger partial charge in [0.25, 0.3) is 0 Å². The van der Waals surface area contributed by atoms with Gasteiger partial charge in [-0.25, -0.2) is 0 Å². The number of aryl methyl sites for hydroxylation is 3. The van der Waals surface area contributed by atoms with Crippen LogP contribution < -0.4 is 0 Å². The van der Waals surface area contributed by atoms with Crippen molar-refractivity contribution in [3.63, 3.8) is 0 Å². The van der Waals surface area contributed by atoms with Crippen molar-refractivity contribution in [3.05, 3.63) is 34.4 Å². The zero-order valence-corrected chi connectivity index (χ0v) is 12.9. The molecule has 2 N–H and O–H groups in total. The summed E-state index contributed by atoms with van der Waals surface area (Å²) in [6.45, 7) is 6.02. The van der Waals surface area contributed by atoms with E-state index in [-0.39, 0.29) is 24.4 Å². The van der Waals surface area contributed by atoms with Crippen LogP contribution in [0.25, 0.3) is 0 Å². The summed E-state index contributed by atoms with van der Waals surface area (Å²) in [5.74, 6) is 0.446. The molecule has 1 aromatic rings. The van der Waals surface area contributed by atoms with E-state index in [0.717, 1.165) is 16.7 Å². The first-order valence-corrected chi connectivity index (χ1v) is 7.76. The molecule has 1 aliphatic heterocycles. The highest BCUT2D eigenvalue weighted by molar-refractivity contribution is 8.00. The number of amides is 1. The minimum absolute atomic E-state index is 0.0203. The van der Waals surface area contributed by atoms with Crippen molar-refractivity contribution in [2.24, 2.45) is 0 Å². The summed E-state index contributed by atoms with van der Waals surface area (Å²) in [5.41, 5.74) is 4.69. The molecule has 0 radical (unpaired) electrons. The summed E-state index contributed by atoms with van der Waals surface area (Å²) in [7, 11) is 0. The molecule has 1 fully saturated rings. The second kappa shape index (κ2) is 6.16. The Bertz CT molecular complexity index is 495. The first kappa shape index (κ1) is 15.4. The molecule has 1 amide bonds. The SMILES string of the molecule is Cc1cc(C)c(C2SCC(=O)N2CC(O)CO)c(C)c1. The van der Waals surface area contributed by atoms with Crippen LogP contribution in [-0.4, -0.2) is 46.0 Å². The summed E-state index contributed by atoms with van der Waals surface area (Å²) in [5, 5.41) is 18.6. The van der Waals surface area contributed by atoms with Gasteiger partial charge >= 0.3 is 0 Å². The van der Waals surface area contributed by atoms with Crippen molar-refractivity contribution in [1.82, 2.24) is 4.90 Å². The van der Waals surface area contributed by atoms with Crippen molar-refractivity contribution in [2.45, 2.75) is 32.2 Å². The number of carbonyl (C=O) groups is 1. The van der Waals surface area contributed by atoms with E-state index in [1.54, 1.807) is 16.7 Å². The van der Waals surface area contributed by atoms with Gasteiger partial charge < -0.3 is 15.1 Å². The maximum absolute atomic E-state index is 12.0. The van der Waals surface area contributed by atoms with E-state index >= 15 is 0 Å². The zero-order valence-electron chi connectivity index (χ0n) is 12.1. The number of β-amino-alcohol motifs (C(OH)–C–C–N with tert-alkyl or cyclic N) is 1. The van der Waals surface area contributed by atoms with Gasteiger partial charge in [-0.1, -0.05) is 17.7 Å². The molecule has 2 atom stereocenters. The molecular formula is C15H21NO3S. The Hall–Kier alpha value is -1.04. The fourth-order valence-corrected chi connectivity index (χ4v) is 4.14. The molecule has 4 nitrogen and oxygen atoms in total. The van der Waals surface area contributed by atoms with E-state index < -0.39 is 6.10 Å². The average Bonchev–Trinajstić information content (AvgIpc) is 2.70. The minimum Gasteiger partial charge on any atom is -0.394 e. The van der Waals surface area contributed by atoms with Gasteiger partial charge in [-0.15, -0.1) is 11.8 Å². The number of aliphatic hydroxyl groups is 2. The van der Waals surface area contributed by atoms with Gasteiger partial charge in [-0.3, -0.25) is 4.79 Å². The maximum Gasteiger partial charge on any atom is 0.233 e. The third-order valence-corrected chi connectivity index (χ3v) is 4.79. The molecule has 1 aliphatic rings. The minimum atomic E-state index is -0.883. The van der Waals surface area contributed by atoms with Crippen molar-refractivity contribution in [2.75, 3.05) is 18.9 Å². The number of nitrogens with zero attached hydrogens (tertiary/aromatic N) is 1. The van der Waals surface area contributed by atoms with Crippen LogP contribution in [-0.2, 0) is 4.79 Å². The van der Waals surface area contributed by atoms with E-state index in [9.17, 15) is 9.90 Å². The predicted molar refractivity (Wildman–Crippen MR) is 80.7 cm³/mol. The molecule has 20 heavy (non-hydrogen) atoms. The Labute approximate surface area is 123 Å². The van der Waals surface area contributed by atoms with E-state index in [4.69, 9.17) is 5.11 Å². The van der Waals surface area contributed by atoms with Crippen LogP contribution in [0.4, 0.5) is 0 Å². The third kappa shape index (κ3) is 3.00. The summed E-state index contributed by atoms with van der Waals surface area (Å²) in [6.07, 6.45) is -0.883. The second-order valence-corrected chi connectivity index (χ2v) is 6.43. The number of benzene rings is 1. The first-order valence-electron chi connectivity index (χ1n) is 6.71. The van der Waals surface area contributed by atoms with Gasteiger partial charge in [-0.05, 0) is 37.5 Å². The molecule has 1 aromatic carbocycles. The highest BCUT2D eigenvalue weighted by Gasteiger charge is 2.35. The zero-order chi connectivity index (χ0) is 14.9. The van der Waals surface area contributed by atoms with E-state index in [0.29, 0.717) is 5.75 Å². The molecule has 1 heterocycles. The van der Waals surface area contributed by atoms with Crippen LogP contribution in [0.15, 0.2) is 12.1 Å². The lowest BCUT2D eigenvalue weighted by molar-refractivity contribution is -0.129. The molecule has 0 saturated carbocycles. The van der Waals surface area contributed by atoms with Gasteiger partial charge in [0.05, 0.1) is 25.0 Å². The molecule has 2 rings (SSSR count). The van der Waals surface area contributed by atoms with E-state index in [1.807, 2.05) is 0 Å². The number of aliphatic hydroxyl groups excluding tert-OH is 2. The van der Waals surface area contributed by atoms with Gasteiger partial charge in [0.2, 0.25) is 5.91 Å². The Balaban J connectivity index is 2.33. The number of thioether (sulfide) groups is 1. The Kier molecular flexibility index (Phi) is 4.73. The molecule has 0 aromatic heterocycles.